The molecule has 1 saturated heterocycles. The van der Waals surface area contributed by atoms with Gasteiger partial charge in [-0.05, 0) is 56.3 Å². The first kappa shape index (κ1) is 22.7. The van der Waals surface area contributed by atoms with E-state index in [1.54, 1.807) is 26.4 Å². The first-order valence-corrected chi connectivity index (χ1v) is 10.5. The molecule has 1 N–H and O–H groups in total. The van der Waals surface area contributed by atoms with E-state index in [4.69, 9.17) is 14.0 Å². The Morgan fingerprint density at radius 2 is 1.85 bits per heavy atom. The molecule has 2 aromatic carbocycles. The number of likely N-dealkylation sites (tertiary alicyclic amines) is 1. The van der Waals surface area contributed by atoms with E-state index in [0.29, 0.717) is 55.7 Å². The fourth-order valence-electron chi connectivity index (χ4n) is 3.77. The maximum absolute atomic E-state index is 13.3. The Balaban J connectivity index is 1.31. The Bertz CT molecular complexity index is 1130. The number of amides is 1. The molecule has 1 fully saturated rings. The highest BCUT2D eigenvalue weighted by molar-refractivity contribution is 5.92. The van der Waals surface area contributed by atoms with Gasteiger partial charge in [-0.15, -0.1) is 0 Å². The highest BCUT2D eigenvalue weighted by atomic mass is 19.2. The minimum atomic E-state index is -0.991. The topological polar surface area (TPSA) is 89.7 Å². The van der Waals surface area contributed by atoms with E-state index in [1.165, 1.54) is 6.07 Å². The number of carbonyl (C=O) groups is 1. The quantitative estimate of drug-likeness (QED) is 0.575. The fourth-order valence-corrected chi connectivity index (χ4v) is 3.77. The average Bonchev–Trinajstić information content (AvgIpc) is 3.30. The zero-order chi connectivity index (χ0) is 23.4. The number of aromatic nitrogens is 2. The molecule has 1 aromatic heterocycles. The molecule has 0 bridgehead atoms. The summed E-state index contributed by atoms with van der Waals surface area (Å²) in [4.78, 5) is 19.1. The molecular weight excluding hydrogens is 434 g/mol. The van der Waals surface area contributed by atoms with Gasteiger partial charge >= 0.3 is 0 Å². The number of methoxy groups -OCH3 is 2. The molecule has 1 aliphatic rings. The molecule has 1 aliphatic heterocycles. The first-order valence-electron chi connectivity index (χ1n) is 10.5. The number of nitrogens with zero attached hydrogens (tertiary/aromatic N) is 3. The van der Waals surface area contributed by atoms with Gasteiger partial charge in [-0.25, -0.2) is 8.78 Å². The van der Waals surface area contributed by atoms with Gasteiger partial charge in [-0.1, -0.05) is 5.16 Å². The lowest BCUT2D eigenvalue weighted by Gasteiger charge is -2.30. The first-order chi connectivity index (χ1) is 16.0. The Morgan fingerprint density at radius 1 is 1.09 bits per heavy atom. The maximum Gasteiger partial charge on any atom is 0.241 e. The van der Waals surface area contributed by atoms with Crippen LogP contribution in [0, 0.1) is 17.6 Å². The number of piperidine rings is 1. The molecule has 0 spiro atoms. The van der Waals surface area contributed by atoms with Crippen LogP contribution in [0.25, 0.3) is 11.4 Å². The lowest BCUT2D eigenvalue weighted by Crippen LogP contribution is -2.37. The number of rotatable bonds is 7. The summed E-state index contributed by atoms with van der Waals surface area (Å²) >= 11 is 0. The Kier molecular flexibility index (Phi) is 6.83. The van der Waals surface area contributed by atoms with Gasteiger partial charge < -0.3 is 19.3 Å². The molecule has 2 heterocycles. The molecule has 0 aliphatic carbocycles. The third kappa shape index (κ3) is 5.28. The van der Waals surface area contributed by atoms with Crippen molar-refractivity contribution in [1.29, 1.82) is 0 Å². The third-order valence-electron chi connectivity index (χ3n) is 5.61. The monoisotopic (exact) mass is 458 g/mol. The van der Waals surface area contributed by atoms with E-state index >= 15 is 0 Å². The molecule has 0 radical (unpaired) electrons. The van der Waals surface area contributed by atoms with Crippen molar-refractivity contribution in [3.63, 3.8) is 0 Å². The van der Waals surface area contributed by atoms with Crippen molar-refractivity contribution in [1.82, 2.24) is 15.0 Å². The molecule has 3 aromatic rings. The maximum atomic E-state index is 13.3. The predicted molar refractivity (Wildman–Crippen MR) is 116 cm³/mol. The van der Waals surface area contributed by atoms with Crippen LogP contribution in [0.2, 0.25) is 0 Å². The number of hydrogen-bond acceptors (Lipinski definition) is 7. The van der Waals surface area contributed by atoms with Crippen LogP contribution in [0.1, 0.15) is 18.7 Å². The second kappa shape index (κ2) is 9.95. The van der Waals surface area contributed by atoms with Gasteiger partial charge in [0.1, 0.15) is 0 Å². The number of nitrogens with one attached hydrogen (secondary N) is 1. The summed E-state index contributed by atoms with van der Waals surface area (Å²) < 4.78 is 42.4. The summed E-state index contributed by atoms with van der Waals surface area (Å²) in [7, 11) is 3.13. The highest BCUT2D eigenvalue weighted by Gasteiger charge is 2.26. The third-order valence-corrected chi connectivity index (χ3v) is 5.61. The lowest BCUT2D eigenvalue weighted by atomic mass is 9.96. The van der Waals surface area contributed by atoms with Crippen LogP contribution in [-0.2, 0) is 11.3 Å². The minimum Gasteiger partial charge on any atom is -0.493 e. The molecule has 1 amide bonds. The molecule has 0 saturated carbocycles. The van der Waals surface area contributed by atoms with Crippen molar-refractivity contribution in [2.45, 2.75) is 19.4 Å². The largest absolute Gasteiger partial charge is 0.493 e. The average molecular weight is 458 g/mol. The number of ether oxygens (including phenoxy) is 2. The normalized spacial score (nSPS) is 14.8. The molecule has 33 heavy (non-hydrogen) atoms. The van der Waals surface area contributed by atoms with Crippen molar-refractivity contribution in [2.24, 2.45) is 5.92 Å². The van der Waals surface area contributed by atoms with Crippen LogP contribution >= 0.6 is 0 Å². The second-order valence-corrected chi connectivity index (χ2v) is 7.75. The molecular formula is C23H24F2N4O4. The zero-order valence-corrected chi connectivity index (χ0v) is 18.3. The standard InChI is InChI=1S/C23H24F2N4O4/c1-31-19-6-3-15(11-20(19)32-2)22-27-21(33-28-22)13-29-9-7-14(8-10-29)23(30)26-16-4-5-17(24)18(25)12-16/h3-6,11-12,14H,7-10,13H2,1-2H3,(H,26,30). The summed E-state index contributed by atoms with van der Waals surface area (Å²) in [6.07, 6.45) is 1.26. The van der Waals surface area contributed by atoms with E-state index in [-0.39, 0.29) is 17.5 Å². The van der Waals surface area contributed by atoms with Gasteiger partial charge in [-0.2, -0.15) is 4.98 Å². The summed E-state index contributed by atoms with van der Waals surface area (Å²) in [6, 6.07) is 8.71. The van der Waals surface area contributed by atoms with Gasteiger partial charge in [0.05, 0.1) is 20.8 Å². The summed E-state index contributed by atoms with van der Waals surface area (Å²) in [6.45, 7) is 1.81. The predicted octanol–water partition coefficient (Wildman–Crippen LogP) is 3.88. The van der Waals surface area contributed by atoms with Crippen molar-refractivity contribution in [3.05, 3.63) is 53.9 Å². The van der Waals surface area contributed by atoms with E-state index in [0.717, 1.165) is 17.7 Å². The van der Waals surface area contributed by atoms with Gasteiger partial charge in [0.2, 0.25) is 17.6 Å². The minimum absolute atomic E-state index is 0.200. The van der Waals surface area contributed by atoms with Crippen LogP contribution in [0.5, 0.6) is 11.5 Å². The summed E-state index contributed by atoms with van der Waals surface area (Å²) in [5.41, 5.74) is 0.991. The second-order valence-electron chi connectivity index (χ2n) is 7.75. The van der Waals surface area contributed by atoms with Crippen molar-refractivity contribution < 1.29 is 27.6 Å². The van der Waals surface area contributed by atoms with Gasteiger partial charge in [0.25, 0.3) is 0 Å². The molecule has 174 valence electrons. The van der Waals surface area contributed by atoms with Crippen LogP contribution in [-0.4, -0.2) is 48.3 Å². The Hall–Kier alpha value is -3.53. The molecule has 0 unspecified atom stereocenters. The lowest BCUT2D eigenvalue weighted by molar-refractivity contribution is -0.121. The van der Waals surface area contributed by atoms with E-state index in [9.17, 15) is 13.6 Å². The van der Waals surface area contributed by atoms with Crippen LogP contribution in [0.4, 0.5) is 14.5 Å². The number of anilines is 1. The molecule has 0 atom stereocenters. The summed E-state index contributed by atoms with van der Waals surface area (Å²) in [5, 5.41) is 6.71. The number of benzene rings is 2. The Labute approximate surface area is 189 Å². The summed E-state index contributed by atoms with van der Waals surface area (Å²) in [5.74, 6) is -0.234. The Morgan fingerprint density at radius 3 is 2.55 bits per heavy atom. The van der Waals surface area contributed by atoms with Gasteiger partial charge in [-0.3, -0.25) is 9.69 Å². The number of halogens is 2. The van der Waals surface area contributed by atoms with Gasteiger partial charge in [0, 0.05) is 23.2 Å². The van der Waals surface area contributed by atoms with E-state index in [2.05, 4.69) is 20.4 Å². The molecule has 8 nitrogen and oxygen atoms in total. The molecule has 10 heteroatoms. The zero-order valence-electron chi connectivity index (χ0n) is 18.3. The van der Waals surface area contributed by atoms with Crippen molar-refractivity contribution in [2.75, 3.05) is 32.6 Å². The van der Waals surface area contributed by atoms with Crippen LogP contribution in [0.15, 0.2) is 40.9 Å². The number of hydrogen-bond donors (Lipinski definition) is 1. The van der Waals surface area contributed by atoms with Crippen LogP contribution < -0.4 is 14.8 Å². The van der Waals surface area contributed by atoms with E-state index in [1.807, 2.05) is 6.07 Å². The molecule has 4 rings (SSSR count). The smallest absolute Gasteiger partial charge is 0.241 e. The van der Waals surface area contributed by atoms with Crippen molar-refractivity contribution >= 4 is 11.6 Å². The highest BCUT2D eigenvalue weighted by Crippen LogP contribution is 2.31. The van der Waals surface area contributed by atoms with Gasteiger partial charge in [0.15, 0.2) is 23.1 Å². The van der Waals surface area contributed by atoms with E-state index < -0.39 is 11.6 Å². The fraction of sp³-hybridized carbons (Fsp3) is 0.348. The SMILES string of the molecule is COc1ccc(-c2noc(CN3CCC(C(=O)Nc4ccc(F)c(F)c4)CC3)n2)cc1OC. The number of carbonyl (C=O) groups excluding carboxylic acids is 1. The van der Waals surface area contributed by atoms with Crippen molar-refractivity contribution in [3.8, 4) is 22.9 Å². The van der Waals surface area contributed by atoms with Crippen LogP contribution in [0.3, 0.4) is 0 Å².